The maximum absolute atomic E-state index is 11.4. The predicted octanol–water partition coefficient (Wildman–Crippen LogP) is -1.78. The second-order valence-corrected chi connectivity index (χ2v) is 5.11. The van der Waals surface area contributed by atoms with E-state index in [0.29, 0.717) is 26.1 Å². The number of carbonyl (C=O) groups is 2. The monoisotopic (exact) mass is 256 g/mol. The number of ether oxygens (including phenoxy) is 2. The van der Waals surface area contributed by atoms with E-state index in [1.165, 1.54) is 0 Å². The molecule has 2 aliphatic heterocycles. The summed E-state index contributed by atoms with van der Waals surface area (Å²) in [5, 5.41) is 21.8. The second-order valence-electron chi connectivity index (χ2n) is 5.11. The van der Waals surface area contributed by atoms with Gasteiger partial charge in [0.1, 0.15) is 0 Å². The Bertz CT molecular complexity index is 317. The van der Waals surface area contributed by atoms with E-state index in [-0.39, 0.29) is 31.5 Å². The lowest BCUT2D eigenvalue weighted by atomic mass is 9.75. The zero-order chi connectivity index (χ0) is 13.2. The first-order valence-electron chi connectivity index (χ1n) is 6.16. The van der Waals surface area contributed by atoms with Gasteiger partial charge in [0.2, 0.25) is 0 Å². The van der Waals surface area contributed by atoms with E-state index in [9.17, 15) is 19.8 Å². The molecule has 2 heterocycles. The average Bonchev–Trinajstić information content (AvgIpc) is 3.12. The molecular weight excluding hydrogens is 240 g/mol. The summed E-state index contributed by atoms with van der Waals surface area (Å²) in [6.07, 6.45) is 1.09. The Balaban J connectivity index is 1.96. The molecule has 2 rings (SSSR count). The topological polar surface area (TPSA) is 105 Å². The van der Waals surface area contributed by atoms with Crippen molar-refractivity contribution in [3.05, 3.63) is 0 Å². The third-order valence-corrected chi connectivity index (χ3v) is 3.51. The standard InChI is InChI=1S/C12H18O6/c13-10(14)2-1-3-12(11(15)16,4-8-6-17-8)5-9-7-18-9/h8-9H,1-7H2,(H,13,14)(H,15,16)/p-2. The summed E-state index contributed by atoms with van der Waals surface area (Å²) in [5.74, 6) is -2.29. The molecule has 0 aromatic rings. The van der Waals surface area contributed by atoms with Gasteiger partial charge >= 0.3 is 0 Å². The van der Waals surface area contributed by atoms with E-state index in [4.69, 9.17) is 9.47 Å². The average molecular weight is 256 g/mol. The number of carbonyl (C=O) groups excluding carboxylic acids is 2. The van der Waals surface area contributed by atoms with Gasteiger partial charge in [-0.15, -0.1) is 0 Å². The molecule has 0 aromatic heterocycles. The van der Waals surface area contributed by atoms with Crippen LogP contribution in [0.1, 0.15) is 32.1 Å². The fourth-order valence-corrected chi connectivity index (χ4v) is 2.37. The van der Waals surface area contributed by atoms with Crippen molar-refractivity contribution >= 4 is 11.9 Å². The first-order chi connectivity index (χ1) is 8.52. The maximum atomic E-state index is 11.4. The highest BCUT2D eigenvalue weighted by Gasteiger charge is 2.43. The Morgan fingerprint density at radius 1 is 1.11 bits per heavy atom. The van der Waals surface area contributed by atoms with Gasteiger partial charge in [-0.1, -0.05) is 0 Å². The first kappa shape index (κ1) is 13.3. The van der Waals surface area contributed by atoms with E-state index in [2.05, 4.69) is 0 Å². The molecule has 0 amide bonds. The Kier molecular flexibility index (Phi) is 3.87. The van der Waals surface area contributed by atoms with Crippen LogP contribution in [0.15, 0.2) is 0 Å². The molecule has 0 saturated carbocycles. The number of hydrogen-bond donors (Lipinski definition) is 0. The van der Waals surface area contributed by atoms with Crippen LogP contribution in [0, 0.1) is 5.41 Å². The van der Waals surface area contributed by atoms with E-state index in [0.717, 1.165) is 0 Å². The van der Waals surface area contributed by atoms with Crippen molar-refractivity contribution < 1.29 is 29.3 Å². The smallest absolute Gasteiger partial charge is 0.0818 e. The first-order valence-corrected chi connectivity index (χ1v) is 6.16. The Hall–Kier alpha value is -1.14. The van der Waals surface area contributed by atoms with Crippen LogP contribution in [-0.4, -0.2) is 37.4 Å². The molecule has 2 unspecified atom stereocenters. The maximum Gasteiger partial charge on any atom is 0.0818 e. The fraction of sp³-hybridized carbons (Fsp3) is 0.833. The summed E-state index contributed by atoms with van der Waals surface area (Å²) in [6, 6.07) is 0. The minimum atomic E-state index is -1.16. The van der Waals surface area contributed by atoms with Gasteiger partial charge < -0.3 is 29.3 Å². The molecular formula is C12H16O6-2. The van der Waals surface area contributed by atoms with Crippen molar-refractivity contribution in [1.29, 1.82) is 0 Å². The van der Waals surface area contributed by atoms with E-state index in [1.54, 1.807) is 0 Å². The highest BCUT2D eigenvalue weighted by molar-refractivity contribution is 5.73. The van der Waals surface area contributed by atoms with Crippen LogP contribution in [0.25, 0.3) is 0 Å². The largest absolute Gasteiger partial charge is 0.550 e. The third kappa shape index (κ3) is 3.68. The van der Waals surface area contributed by atoms with Crippen LogP contribution in [0.4, 0.5) is 0 Å². The number of epoxide rings is 2. The van der Waals surface area contributed by atoms with E-state index < -0.39 is 17.4 Å². The lowest BCUT2D eigenvalue weighted by Gasteiger charge is -2.34. The van der Waals surface area contributed by atoms with Crippen molar-refractivity contribution in [3.63, 3.8) is 0 Å². The highest BCUT2D eigenvalue weighted by atomic mass is 16.6. The molecule has 0 spiro atoms. The Labute approximate surface area is 105 Å². The SMILES string of the molecule is O=C([O-])CCCC(CC1CO1)(CC1CO1)C(=O)[O-]. The van der Waals surface area contributed by atoms with Crippen molar-refractivity contribution in [3.8, 4) is 0 Å². The van der Waals surface area contributed by atoms with Gasteiger partial charge in [0, 0.05) is 17.4 Å². The molecule has 2 atom stereocenters. The molecule has 0 radical (unpaired) electrons. The zero-order valence-electron chi connectivity index (χ0n) is 10.1. The number of carboxylic acids is 2. The number of carboxylic acid groups (broad SMARTS) is 2. The van der Waals surface area contributed by atoms with Gasteiger partial charge in [-0.2, -0.15) is 0 Å². The number of hydrogen-bond acceptors (Lipinski definition) is 6. The van der Waals surface area contributed by atoms with Crippen molar-refractivity contribution in [2.45, 2.75) is 44.3 Å². The van der Waals surface area contributed by atoms with Crippen LogP contribution < -0.4 is 10.2 Å². The highest BCUT2D eigenvalue weighted by Crippen LogP contribution is 2.41. The van der Waals surface area contributed by atoms with Crippen LogP contribution in [0.2, 0.25) is 0 Å². The lowest BCUT2D eigenvalue weighted by Crippen LogP contribution is -2.44. The van der Waals surface area contributed by atoms with Gasteiger partial charge in [-0.05, 0) is 32.1 Å². The minimum Gasteiger partial charge on any atom is -0.550 e. The third-order valence-electron chi connectivity index (χ3n) is 3.51. The summed E-state index contributed by atoms with van der Waals surface area (Å²) in [4.78, 5) is 21.8. The molecule has 18 heavy (non-hydrogen) atoms. The van der Waals surface area contributed by atoms with E-state index >= 15 is 0 Å². The van der Waals surface area contributed by atoms with Crippen LogP contribution >= 0.6 is 0 Å². The van der Waals surface area contributed by atoms with E-state index in [1.807, 2.05) is 0 Å². The van der Waals surface area contributed by atoms with Crippen LogP contribution in [0.3, 0.4) is 0 Å². The number of rotatable bonds is 9. The molecule has 0 aromatic carbocycles. The minimum absolute atomic E-state index is 0.0374. The van der Waals surface area contributed by atoms with Crippen LogP contribution in [0.5, 0.6) is 0 Å². The van der Waals surface area contributed by atoms with Crippen LogP contribution in [-0.2, 0) is 19.1 Å². The summed E-state index contributed by atoms with van der Waals surface area (Å²) in [6.45, 7) is 1.14. The molecule has 6 nitrogen and oxygen atoms in total. The van der Waals surface area contributed by atoms with Crippen molar-refractivity contribution in [2.75, 3.05) is 13.2 Å². The summed E-state index contributed by atoms with van der Waals surface area (Å²) >= 11 is 0. The van der Waals surface area contributed by atoms with Gasteiger partial charge in [0.25, 0.3) is 0 Å². The zero-order valence-corrected chi connectivity index (χ0v) is 10.1. The van der Waals surface area contributed by atoms with Gasteiger partial charge in [-0.25, -0.2) is 0 Å². The fourth-order valence-electron chi connectivity index (χ4n) is 2.37. The van der Waals surface area contributed by atoms with Crippen molar-refractivity contribution in [1.82, 2.24) is 0 Å². The number of aliphatic carboxylic acids is 2. The molecule has 102 valence electrons. The lowest BCUT2D eigenvalue weighted by molar-refractivity contribution is -0.321. The molecule has 2 aliphatic rings. The molecule has 6 heteroatoms. The van der Waals surface area contributed by atoms with Crippen molar-refractivity contribution in [2.24, 2.45) is 5.41 Å². The Morgan fingerprint density at radius 3 is 1.94 bits per heavy atom. The molecule has 0 bridgehead atoms. The quantitative estimate of drug-likeness (QED) is 0.452. The Morgan fingerprint density at radius 2 is 1.61 bits per heavy atom. The summed E-state index contributed by atoms with van der Waals surface area (Å²) in [5.41, 5.74) is -1.03. The molecule has 2 saturated heterocycles. The van der Waals surface area contributed by atoms with Gasteiger partial charge in [-0.3, -0.25) is 0 Å². The summed E-state index contributed by atoms with van der Waals surface area (Å²) < 4.78 is 10.2. The predicted molar refractivity (Wildman–Crippen MR) is 55.0 cm³/mol. The second kappa shape index (κ2) is 5.24. The molecule has 0 aliphatic carbocycles. The normalized spacial score (nSPS) is 28.4. The summed E-state index contributed by atoms with van der Waals surface area (Å²) in [7, 11) is 0. The molecule has 2 fully saturated rings. The van der Waals surface area contributed by atoms with Gasteiger partial charge in [0.05, 0.1) is 25.4 Å². The molecule has 0 N–H and O–H groups in total. The van der Waals surface area contributed by atoms with Gasteiger partial charge in [0.15, 0.2) is 0 Å².